The van der Waals surface area contributed by atoms with Crippen LogP contribution >= 0.6 is 0 Å². The van der Waals surface area contributed by atoms with E-state index in [1.54, 1.807) is 19.1 Å². The van der Waals surface area contributed by atoms with Gasteiger partial charge in [-0.15, -0.1) is 0 Å². The lowest BCUT2D eigenvalue weighted by Crippen LogP contribution is -2.47. The zero-order valence-corrected chi connectivity index (χ0v) is 9.24. The quantitative estimate of drug-likeness (QED) is 0.323. The van der Waals surface area contributed by atoms with Gasteiger partial charge < -0.3 is 20.1 Å². The van der Waals surface area contributed by atoms with Crippen molar-refractivity contribution in [2.24, 2.45) is 0 Å². The molecule has 0 aliphatic heterocycles. The van der Waals surface area contributed by atoms with E-state index < -0.39 is 35.6 Å². The number of ether oxygens (including phenoxy) is 1. The highest BCUT2D eigenvalue weighted by Crippen LogP contribution is 2.17. The van der Waals surface area contributed by atoms with Crippen LogP contribution in [0.25, 0.3) is 0 Å². The smallest absolute Gasteiger partial charge is 0.341 e. The number of Topliss-reactive ketones (excluding diaryl/α,β-unsaturated/α-hetero) is 1. The molecule has 0 fully saturated rings. The molecule has 94 valence electrons. The van der Waals surface area contributed by atoms with E-state index in [0.717, 1.165) is 6.08 Å². The second-order valence-electron chi connectivity index (χ2n) is 3.54. The van der Waals surface area contributed by atoms with Gasteiger partial charge in [-0.1, -0.05) is 12.2 Å². The third kappa shape index (κ3) is 3.00. The van der Waals surface area contributed by atoms with Crippen LogP contribution in [-0.2, 0) is 14.3 Å². The van der Waals surface area contributed by atoms with Crippen LogP contribution in [0.3, 0.4) is 0 Å². The van der Waals surface area contributed by atoms with E-state index in [1.807, 2.05) is 0 Å². The zero-order chi connectivity index (χ0) is 13.0. The number of aliphatic hydroxyl groups excluding tert-OH is 3. The summed E-state index contributed by atoms with van der Waals surface area (Å²) in [6, 6.07) is 0. The van der Waals surface area contributed by atoms with Crippen LogP contribution in [0.15, 0.2) is 23.8 Å². The van der Waals surface area contributed by atoms with E-state index in [4.69, 9.17) is 4.74 Å². The fraction of sp³-hybridized carbons (Fsp3) is 0.455. The summed E-state index contributed by atoms with van der Waals surface area (Å²) in [4.78, 5) is 22.9. The van der Waals surface area contributed by atoms with E-state index in [0.29, 0.717) is 0 Å². The van der Waals surface area contributed by atoms with Crippen molar-refractivity contribution in [1.82, 2.24) is 0 Å². The Morgan fingerprint density at radius 1 is 1.47 bits per heavy atom. The van der Waals surface area contributed by atoms with Crippen LogP contribution in [0.1, 0.15) is 6.92 Å². The molecule has 0 bridgehead atoms. The van der Waals surface area contributed by atoms with Crippen LogP contribution < -0.4 is 0 Å². The molecule has 3 atom stereocenters. The van der Waals surface area contributed by atoms with Gasteiger partial charge in [-0.05, 0) is 13.0 Å². The average molecular weight is 242 g/mol. The van der Waals surface area contributed by atoms with Gasteiger partial charge in [0.25, 0.3) is 0 Å². The maximum Gasteiger partial charge on any atom is 0.341 e. The summed E-state index contributed by atoms with van der Waals surface area (Å²) in [5, 5.41) is 27.8. The molecule has 1 aliphatic rings. The summed E-state index contributed by atoms with van der Waals surface area (Å²) in [6.07, 6.45) is -0.774. The van der Waals surface area contributed by atoms with Gasteiger partial charge in [0, 0.05) is 0 Å². The Kier molecular flexibility index (Phi) is 4.56. The fourth-order valence-electron chi connectivity index (χ4n) is 1.32. The van der Waals surface area contributed by atoms with E-state index in [-0.39, 0.29) is 6.61 Å². The Balaban J connectivity index is 2.79. The summed E-state index contributed by atoms with van der Waals surface area (Å²) in [7, 11) is 0. The first-order chi connectivity index (χ1) is 7.99. The highest BCUT2D eigenvalue weighted by atomic mass is 16.5. The molecule has 0 heterocycles. The molecule has 1 rings (SSSR count). The standard InChI is InChI=1S/C11H14O6/c1-2-3-4-17-11(16)6-5-7(12)9(14)10(15)8(6)13/h2-3,5,7,9-10,12,14-15H,4H2,1H3/b3-2+/t7-,9-,10+/m0/s1. The third-order valence-corrected chi connectivity index (χ3v) is 2.31. The Hall–Kier alpha value is -1.50. The molecule has 0 radical (unpaired) electrons. The van der Waals surface area contributed by atoms with E-state index in [2.05, 4.69) is 0 Å². The lowest BCUT2D eigenvalue weighted by Gasteiger charge is -2.25. The van der Waals surface area contributed by atoms with Gasteiger partial charge in [-0.25, -0.2) is 4.79 Å². The number of allylic oxidation sites excluding steroid dienone is 1. The lowest BCUT2D eigenvalue weighted by atomic mass is 9.91. The molecule has 6 nitrogen and oxygen atoms in total. The number of hydrogen-bond donors (Lipinski definition) is 3. The highest BCUT2D eigenvalue weighted by molar-refractivity contribution is 6.19. The summed E-state index contributed by atoms with van der Waals surface area (Å²) < 4.78 is 4.71. The minimum atomic E-state index is -1.81. The van der Waals surface area contributed by atoms with Crippen molar-refractivity contribution in [3.63, 3.8) is 0 Å². The first-order valence-corrected chi connectivity index (χ1v) is 5.07. The van der Waals surface area contributed by atoms with Gasteiger partial charge in [0.05, 0.1) is 0 Å². The molecule has 6 heteroatoms. The summed E-state index contributed by atoms with van der Waals surface area (Å²) in [5.74, 6) is -1.88. The number of aliphatic hydroxyl groups is 3. The molecule has 3 N–H and O–H groups in total. The fourth-order valence-corrected chi connectivity index (χ4v) is 1.32. The number of rotatable bonds is 3. The van der Waals surface area contributed by atoms with Crippen molar-refractivity contribution in [1.29, 1.82) is 0 Å². The Morgan fingerprint density at radius 2 is 2.12 bits per heavy atom. The number of carbonyl (C=O) groups is 2. The summed E-state index contributed by atoms with van der Waals surface area (Å²) in [5.41, 5.74) is -0.445. The van der Waals surface area contributed by atoms with Crippen molar-refractivity contribution < 1.29 is 29.6 Å². The molecule has 0 amide bonds. The van der Waals surface area contributed by atoms with Crippen LogP contribution in [0.2, 0.25) is 0 Å². The molecule has 0 spiro atoms. The molecule has 0 saturated carbocycles. The number of esters is 1. The first-order valence-electron chi connectivity index (χ1n) is 5.07. The molecule has 0 aromatic heterocycles. The highest BCUT2D eigenvalue weighted by Gasteiger charge is 2.39. The predicted molar refractivity (Wildman–Crippen MR) is 56.9 cm³/mol. The van der Waals surface area contributed by atoms with Crippen LogP contribution in [0, 0.1) is 0 Å². The largest absolute Gasteiger partial charge is 0.458 e. The molecule has 1 aliphatic carbocycles. The van der Waals surface area contributed by atoms with Gasteiger partial charge in [0.15, 0.2) is 0 Å². The number of ketones is 1. The third-order valence-electron chi connectivity index (χ3n) is 2.31. The molecular formula is C11H14O6. The molecule has 17 heavy (non-hydrogen) atoms. The summed E-state index contributed by atoms with van der Waals surface area (Å²) >= 11 is 0. The lowest BCUT2D eigenvalue weighted by molar-refractivity contribution is -0.145. The van der Waals surface area contributed by atoms with Crippen molar-refractivity contribution in [2.75, 3.05) is 6.61 Å². The second kappa shape index (κ2) is 5.72. The van der Waals surface area contributed by atoms with Crippen LogP contribution in [0.4, 0.5) is 0 Å². The van der Waals surface area contributed by atoms with Gasteiger partial charge in [0.1, 0.15) is 30.5 Å². The van der Waals surface area contributed by atoms with Crippen molar-refractivity contribution in [3.05, 3.63) is 23.8 Å². The minimum Gasteiger partial charge on any atom is -0.458 e. The van der Waals surface area contributed by atoms with Crippen molar-refractivity contribution >= 4 is 11.8 Å². The van der Waals surface area contributed by atoms with E-state index in [1.165, 1.54) is 0 Å². The monoisotopic (exact) mass is 242 g/mol. The van der Waals surface area contributed by atoms with Crippen LogP contribution in [0.5, 0.6) is 0 Å². The van der Waals surface area contributed by atoms with Crippen molar-refractivity contribution in [2.45, 2.75) is 25.2 Å². The van der Waals surface area contributed by atoms with Crippen molar-refractivity contribution in [3.8, 4) is 0 Å². The Labute approximate surface area is 97.8 Å². The maximum absolute atomic E-state index is 11.4. The van der Waals surface area contributed by atoms with Gasteiger partial charge in [0.2, 0.25) is 5.78 Å². The van der Waals surface area contributed by atoms with Gasteiger partial charge >= 0.3 is 5.97 Å². The minimum absolute atomic E-state index is 0.00526. The Morgan fingerprint density at radius 3 is 2.71 bits per heavy atom. The summed E-state index contributed by atoms with van der Waals surface area (Å²) in [6.45, 7) is 1.73. The molecular weight excluding hydrogens is 228 g/mol. The zero-order valence-electron chi connectivity index (χ0n) is 9.24. The van der Waals surface area contributed by atoms with Gasteiger partial charge in [-0.3, -0.25) is 4.79 Å². The molecule has 0 unspecified atom stereocenters. The van der Waals surface area contributed by atoms with Crippen LogP contribution in [-0.4, -0.2) is 52.0 Å². The van der Waals surface area contributed by atoms with E-state index >= 15 is 0 Å². The first kappa shape index (κ1) is 13.6. The molecule has 0 saturated heterocycles. The number of carbonyl (C=O) groups excluding carboxylic acids is 2. The normalized spacial score (nSPS) is 29.3. The average Bonchev–Trinajstić information content (AvgIpc) is 2.31. The Bertz CT molecular complexity index is 370. The molecule has 0 aromatic rings. The second-order valence-corrected chi connectivity index (χ2v) is 3.54. The topological polar surface area (TPSA) is 104 Å². The maximum atomic E-state index is 11.4. The SMILES string of the molecule is C/C=C/COC(=O)C1=C[C@H](O)[C@H](O)[C@H](O)C1=O. The van der Waals surface area contributed by atoms with E-state index in [9.17, 15) is 24.9 Å². The predicted octanol–water partition coefficient (Wildman–Crippen LogP) is -1.30. The number of hydrogen-bond acceptors (Lipinski definition) is 6. The molecule has 0 aromatic carbocycles. The van der Waals surface area contributed by atoms with Gasteiger partial charge in [-0.2, -0.15) is 0 Å².